The van der Waals surface area contributed by atoms with Crippen LogP contribution in [0.25, 0.3) is 0 Å². The molecule has 16 heavy (non-hydrogen) atoms. The van der Waals surface area contributed by atoms with Gasteiger partial charge in [0.25, 0.3) is 0 Å². The summed E-state index contributed by atoms with van der Waals surface area (Å²) < 4.78 is 0. The lowest BCUT2D eigenvalue weighted by Crippen LogP contribution is -2.42. The van der Waals surface area contributed by atoms with Gasteiger partial charge in [-0.1, -0.05) is 0 Å². The topological polar surface area (TPSA) is 116 Å². The first-order valence-corrected chi connectivity index (χ1v) is 4.98. The van der Waals surface area contributed by atoms with Crippen molar-refractivity contribution in [1.82, 2.24) is 10.6 Å². The van der Waals surface area contributed by atoms with Crippen LogP contribution in [0.1, 0.15) is 19.3 Å². The largest absolute Gasteiger partial charge is 0.479 e. The Bertz CT molecular complexity index is 304. The Morgan fingerprint density at radius 1 is 1.56 bits per heavy atom. The van der Waals surface area contributed by atoms with Gasteiger partial charge in [0.2, 0.25) is 11.8 Å². The average molecular weight is 230 g/mol. The molecule has 0 aliphatic carbocycles. The molecule has 1 rings (SSSR count). The maximum absolute atomic E-state index is 11.4. The summed E-state index contributed by atoms with van der Waals surface area (Å²) in [5, 5.41) is 22.2. The Morgan fingerprint density at radius 2 is 2.25 bits per heavy atom. The van der Waals surface area contributed by atoms with Gasteiger partial charge >= 0.3 is 5.97 Å². The monoisotopic (exact) mass is 230 g/mol. The molecule has 1 saturated heterocycles. The summed E-state index contributed by atoms with van der Waals surface area (Å²) in [4.78, 5) is 32.5. The molecule has 1 heterocycles. The van der Waals surface area contributed by atoms with Gasteiger partial charge in [0, 0.05) is 19.4 Å². The molecule has 1 unspecified atom stereocenters. The molecule has 1 aliphatic rings. The molecule has 1 aliphatic heterocycles. The maximum Gasteiger partial charge on any atom is 0.332 e. The Hall–Kier alpha value is -1.63. The van der Waals surface area contributed by atoms with E-state index in [1.54, 1.807) is 0 Å². The molecule has 1 fully saturated rings. The first-order chi connectivity index (χ1) is 7.50. The minimum atomic E-state index is -1.47. The Kier molecular flexibility index (Phi) is 4.24. The van der Waals surface area contributed by atoms with Gasteiger partial charge in [0.15, 0.2) is 6.10 Å². The summed E-state index contributed by atoms with van der Waals surface area (Å²) in [5.74, 6) is -1.82. The van der Waals surface area contributed by atoms with E-state index in [0.717, 1.165) is 0 Å². The molecule has 0 aromatic rings. The Balaban J connectivity index is 2.20. The van der Waals surface area contributed by atoms with Crippen molar-refractivity contribution in [3.8, 4) is 0 Å². The minimum Gasteiger partial charge on any atom is -0.479 e. The molecule has 4 N–H and O–H groups in total. The number of nitrogens with one attached hydrogen (secondary N) is 2. The number of carboxylic acid groups (broad SMARTS) is 1. The van der Waals surface area contributed by atoms with Gasteiger partial charge in [0.05, 0.1) is 0 Å². The fourth-order valence-corrected chi connectivity index (χ4v) is 1.39. The number of hydrogen-bond acceptors (Lipinski definition) is 4. The van der Waals surface area contributed by atoms with Crippen molar-refractivity contribution in [3.63, 3.8) is 0 Å². The van der Waals surface area contributed by atoms with Crippen LogP contribution in [0.5, 0.6) is 0 Å². The molecule has 0 radical (unpaired) electrons. The van der Waals surface area contributed by atoms with E-state index < -0.39 is 18.1 Å². The van der Waals surface area contributed by atoms with E-state index in [-0.39, 0.29) is 24.8 Å². The number of aliphatic hydroxyl groups is 1. The zero-order chi connectivity index (χ0) is 12.1. The van der Waals surface area contributed by atoms with E-state index in [0.29, 0.717) is 12.8 Å². The number of carbonyl (C=O) groups is 3. The number of hydrogen-bond donors (Lipinski definition) is 4. The number of aliphatic carboxylic acids is 1. The van der Waals surface area contributed by atoms with Crippen molar-refractivity contribution >= 4 is 17.8 Å². The van der Waals surface area contributed by atoms with E-state index in [1.807, 2.05) is 0 Å². The van der Waals surface area contributed by atoms with Gasteiger partial charge in [0.1, 0.15) is 6.04 Å². The van der Waals surface area contributed by atoms with Crippen molar-refractivity contribution in [3.05, 3.63) is 0 Å². The number of carbonyl (C=O) groups excluding carboxylic acids is 2. The number of amides is 2. The van der Waals surface area contributed by atoms with Crippen LogP contribution in [0.2, 0.25) is 0 Å². The maximum atomic E-state index is 11.4. The molecule has 0 aromatic carbocycles. The quantitative estimate of drug-likeness (QED) is 0.445. The predicted molar refractivity (Wildman–Crippen MR) is 52.4 cm³/mol. The lowest BCUT2D eigenvalue weighted by atomic mass is 10.2. The van der Waals surface area contributed by atoms with Gasteiger partial charge in [-0.05, 0) is 6.42 Å². The van der Waals surface area contributed by atoms with Crippen LogP contribution >= 0.6 is 0 Å². The number of carboxylic acids is 1. The van der Waals surface area contributed by atoms with Gasteiger partial charge in [-0.15, -0.1) is 0 Å². The highest BCUT2D eigenvalue weighted by molar-refractivity contribution is 5.90. The molecule has 7 heteroatoms. The molecule has 0 bridgehead atoms. The zero-order valence-electron chi connectivity index (χ0n) is 8.60. The molecule has 0 spiro atoms. The second-order valence-corrected chi connectivity index (χ2v) is 3.59. The van der Waals surface area contributed by atoms with E-state index >= 15 is 0 Å². The second-order valence-electron chi connectivity index (χ2n) is 3.59. The molecule has 2 atom stereocenters. The lowest BCUT2D eigenvalue weighted by Gasteiger charge is -2.11. The van der Waals surface area contributed by atoms with Crippen LogP contribution in [-0.4, -0.2) is 46.7 Å². The summed E-state index contributed by atoms with van der Waals surface area (Å²) in [6.07, 6.45) is -0.748. The van der Waals surface area contributed by atoms with E-state index in [2.05, 4.69) is 10.6 Å². The van der Waals surface area contributed by atoms with Crippen molar-refractivity contribution in [2.75, 3.05) is 6.54 Å². The average Bonchev–Trinajstić information content (AvgIpc) is 2.64. The van der Waals surface area contributed by atoms with Crippen LogP contribution in [-0.2, 0) is 14.4 Å². The van der Waals surface area contributed by atoms with E-state index in [4.69, 9.17) is 10.2 Å². The first kappa shape index (κ1) is 12.4. The number of aliphatic hydroxyl groups excluding tert-OH is 1. The standard InChI is InChI=1S/C9H14N2O5/c12-6(9(15)16)3-4-10-8(14)5-1-2-7(13)11-5/h5-6,12H,1-4H2,(H,10,14)(H,11,13)(H,15,16)/t5-,6?/m1/s1. The summed E-state index contributed by atoms with van der Waals surface area (Å²) in [6, 6.07) is -0.533. The SMILES string of the molecule is O=C1CC[C@H](C(=O)NCCC(O)C(=O)O)N1. The van der Waals surface area contributed by atoms with E-state index in [1.165, 1.54) is 0 Å². The third-order valence-corrected chi connectivity index (χ3v) is 2.31. The first-order valence-electron chi connectivity index (χ1n) is 4.98. The van der Waals surface area contributed by atoms with Gasteiger partial charge in [-0.25, -0.2) is 4.79 Å². The number of rotatable bonds is 5. The molecule has 90 valence electrons. The highest BCUT2D eigenvalue weighted by Crippen LogP contribution is 2.06. The van der Waals surface area contributed by atoms with Crippen molar-refractivity contribution < 1.29 is 24.6 Å². The summed E-state index contributed by atoms with van der Waals surface area (Å²) in [7, 11) is 0. The van der Waals surface area contributed by atoms with E-state index in [9.17, 15) is 14.4 Å². The fraction of sp³-hybridized carbons (Fsp3) is 0.667. The lowest BCUT2D eigenvalue weighted by molar-refractivity contribution is -0.147. The fourth-order valence-electron chi connectivity index (χ4n) is 1.39. The Morgan fingerprint density at radius 3 is 2.75 bits per heavy atom. The minimum absolute atomic E-state index is 0.0538. The van der Waals surface area contributed by atoms with Crippen LogP contribution in [0.3, 0.4) is 0 Å². The van der Waals surface area contributed by atoms with Gasteiger partial charge in [-0.3, -0.25) is 9.59 Å². The second kappa shape index (κ2) is 5.45. The third-order valence-electron chi connectivity index (χ3n) is 2.31. The van der Waals surface area contributed by atoms with Crippen molar-refractivity contribution in [1.29, 1.82) is 0 Å². The molecule has 2 amide bonds. The third kappa shape index (κ3) is 3.50. The summed E-state index contributed by atoms with van der Waals surface area (Å²) >= 11 is 0. The summed E-state index contributed by atoms with van der Waals surface area (Å²) in [5.41, 5.74) is 0. The Labute approximate surface area is 91.8 Å². The molecular formula is C9H14N2O5. The van der Waals surface area contributed by atoms with Crippen molar-refractivity contribution in [2.45, 2.75) is 31.4 Å². The van der Waals surface area contributed by atoms with Gasteiger partial charge in [-0.2, -0.15) is 0 Å². The molecule has 0 saturated carbocycles. The highest BCUT2D eigenvalue weighted by Gasteiger charge is 2.26. The molecule has 7 nitrogen and oxygen atoms in total. The highest BCUT2D eigenvalue weighted by atomic mass is 16.4. The zero-order valence-corrected chi connectivity index (χ0v) is 8.60. The molecular weight excluding hydrogens is 216 g/mol. The normalized spacial score (nSPS) is 21.3. The van der Waals surface area contributed by atoms with Crippen LogP contribution in [0.4, 0.5) is 0 Å². The molecule has 0 aromatic heterocycles. The van der Waals surface area contributed by atoms with Crippen LogP contribution in [0.15, 0.2) is 0 Å². The smallest absolute Gasteiger partial charge is 0.332 e. The van der Waals surface area contributed by atoms with Crippen LogP contribution in [0, 0.1) is 0 Å². The predicted octanol–water partition coefficient (Wildman–Crippen LogP) is -1.78. The van der Waals surface area contributed by atoms with Gasteiger partial charge < -0.3 is 20.8 Å². The summed E-state index contributed by atoms with van der Waals surface area (Å²) in [6.45, 7) is 0.0681. The van der Waals surface area contributed by atoms with Crippen molar-refractivity contribution in [2.24, 2.45) is 0 Å². The van der Waals surface area contributed by atoms with Crippen LogP contribution < -0.4 is 10.6 Å².